The van der Waals surface area contributed by atoms with Crippen LogP contribution in [-0.2, 0) is 16.6 Å². The summed E-state index contributed by atoms with van der Waals surface area (Å²) in [6, 6.07) is 11.4. The maximum absolute atomic E-state index is 13.0. The SMILES string of the molecule is COc1ccccc1NS(=O)(=O)c1cc(C(=O)NCCCCn2ccnc2)ccc1C. The number of sulfonamides is 1. The smallest absolute Gasteiger partial charge is 0.262 e. The quantitative estimate of drug-likeness (QED) is 0.470. The van der Waals surface area contributed by atoms with E-state index in [0.29, 0.717) is 29.1 Å². The van der Waals surface area contributed by atoms with Gasteiger partial charge < -0.3 is 14.6 Å². The first-order valence-corrected chi connectivity index (χ1v) is 11.4. The van der Waals surface area contributed by atoms with Crippen LogP contribution in [0, 0.1) is 6.92 Å². The maximum Gasteiger partial charge on any atom is 0.262 e. The van der Waals surface area contributed by atoms with Crippen molar-refractivity contribution in [2.45, 2.75) is 31.2 Å². The third-order valence-electron chi connectivity index (χ3n) is 4.78. The molecule has 0 unspecified atom stereocenters. The van der Waals surface area contributed by atoms with E-state index in [1.807, 2.05) is 10.8 Å². The first-order valence-electron chi connectivity index (χ1n) is 9.91. The van der Waals surface area contributed by atoms with Crippen molar-refractivity contribution in [1.29, 1.82) is 0 Å². The molecule has 0 aliphatic rings. The molecule has 2 N–H and O–H groups in total. The van der Waals surface area contributed by atoms with Crippen molar-refractivity contribution in [1.82, 2.24) is 14.9 Å². The highest BCUT2D eigenvalue weighted by Gasteiger charge is 2.20. The van der Waals surface area contributed by atoms with E-state index in [2.05, 4.69) is 15.0 Å². The number of hydrogen-bond acceptors (Lipinski definition) is 5. The van der Waals surface area contributed by atoms with Crippen LogP contribution in [0.1, 0.15) is 28.8 Å². The summed E-state index contributed by atoms with van der Waals surface area (Å²) in [4.78, 5) is 16.6. The molecule has 1 heterocycles. The van der Waals surface area contributed by atoms with Gasteiger partial charge in [-0.3, -0.25) is 9.52 Å². The van der Waals surface area contributed by atoms with Gasteiger partial charge >= 0.3 is 0 Å². The first-order chi connectivity index (χ1) is 14.9. The molecule has 164 valence electrons. The minimum Gasteiger partial charge on any atom is -0.495 e. The number of aromatic nitrogens is 2. The molecule has 0 atom stereocenters. The lowest BCUT2D eigenvalue weighted by molar-refractivity contribution is 0.0952. The summed E-state index contributed by atoms with van der Waals surface area (Å²) in [7, 11) is -2.43. The molecule has 0 spiro atoms. The molecule has 1 amide bonds. The highest BCUT2D eigenvalue weighted by Crippen LogP contribution is 2.27. The van der Waals surface area contributed by atoms with Gasteiger partial charge in [-0.1, -0.05) is 18.2 Å². The molecule has 0 fully saturated rings. The number of ether oxygens (including phenoxy) is 1. The lowest BCUT2D eigenvalue weighted by Gasteiger charge is -2.14. The van der Waals surface area contributed by atoms with E-state index in [1.165, 1.54) is 13.2 Å². The molecule has 0 bridgehead atoms. The van der Waals surface area contributed by atoms with Crippen LogP contribution in [0.25, 0.3) is 0 Å². The fourth-order valence-corrected chi connectivity index (χ4v) is 4.44. The van der Waals surface area contributed by atoms with Crippen molar-refractivity contribution in [3.8, 4) is 5.75 Å². The summed E-state index contributed by atoms with van der Waals surface area (Å²) in [6.07, 6.45) is 7.08. The van der Waals surface area contributed by atoms with Crippen LogP contribution in [0.5, 0.6) is 5.75 Å². The second-order valence-electron chi connectivity index (χ2n) is 7.05. The van der Waals surface area contributed by atoms with E-state index in [9.17, 15) is 13.2 Å². The van der Waals surface area contributed by atoms with Crippen molar-refractivity contribution < 1.29 is 17.9 Å². The van der Waals surface area contributed by atoms with Gasteiger partial charge in [0.2, 0.25) is 0 Å². The van der Waals surface area contributed by atoms with E-state index >= 15 is 0 Å². The van der Waals surface area contributed by atoms with Crippen LogP contribution >= 0.6 is 0 Å². The topological polar surface area (TPSA) is 102 Å². The van der Waals surface area contributed by atoms with Crippen LogP contribution < -0.4 is 14.8 Å². The fraction of sp³-hybridized carbons (Fsp3) is 0.273. The van der Waals surface area contributed by atoms with Gasteiger partial charge in [-0.25, -0.2) is 13.4 Å². The summed E-state index contributed by atoms with van der Waals surface area (Å²) < 4.78 is 35.7. The average molecular weight is 443 g/mol. The van der Waals surface area contributed by atoms with E-state index < -0.39 is 10.0 Å². The summed E-state index contributed by atoms with van der Waals surface area (Å²) in [5, 5.41) is 2.85. The van der Waals surface area contributed by atoms with Crippen LogP contribution in [0.4, 0.5) is 5.69 Å². The molecule has 0 radical (unpaired) electrons. The first kappa shape index (κ1) is 22.4. The third kappa shape index (κ3) is 5.85. The number of methoxy groups -OCH3 is 1. The van der Waals surface area contributed by atoms with Crippen LogP contribution in [0.15, 0.2) is 66.1 Å². The predicted molar refractivity (Wildman–Crippen MR) is 119 cm³/mol. The Labute approximate surface area is 182 Å². The molecular formula is C22H26N4O4S. The van der Waals surface area contributed by atoms with Crippen molar-refractivity contribution in [2.75, 3.05) is 18.4 Å². The van der Waals surface area contributed by atoms with E-state index in [1.54, 1.807) is 55.8 Å². The number of carbonyl (C=O) groups is 1. The molecule has 8 nitrogen and oxygen atoms in total. The Balaban J connectivity index is 1.65. The van der Waals surface area contributed by atoms with Gasteiger partial charge in [0.25, 0.3) is 15.9 Å². The number of anilines is 1. The Morgan fingerprint density at radius 3 is 2.71 bits per heavy atom. The number of nitrogens with zero attached hydrogens (tertiary/aromatic N) is 2. The lowest BCUT2D eigenvalue weighted by atomic mass is 10.1. The van der Waals surface area contributed by atoms with Crippen molar-refractivity contribution in [3.63, 3.8) is 0 Å². The number of benzene rings is 2. The minimum atomic E-state index is -3.91. The number of carbonyl (C=O) groups excluding carboxylic acids is 1. The van der Waals surface area contributed by atoms with Gasteiger partial charge in [0.15, 0.2) is 0 Å². The molecule has 3 aromatic rings. The molecule has 0 aliphatic carbocycles. The lowest BCUT2D eigenvalue weighted by Crippen LogP contribution is -2.25. The monoisotopic (exact) mass is 442 g/mol. The number of hydrogen-bond donors (Lipinski definition) is 2. The Kier molecular flexibility index (Phi) is 7.30. The number of amides is 1. The molecule has 3 rings (SSSR count). The summed E-state index contributed by atoms with van der Waals surface area (Å²) in [5.41, 5.74) is 1.16. The number of rotatable bonds is 10. The molecule has 31 heavy (non-hydrogen) atoms. The molecule has 0 saturated carbocycles. The second kappa shape index (κ2) is 10.1. The van der Waals surface area contributed by atoms with Crippen molar-refractivity contribution in [2.24, 2.45) is 0 Å². The molecule has 0 aliphatic heterocycles. The van der Waals surface area contributed by atoms with Gasteiger partial charge in [0.1, 0.15) is 5.75 Å². The second-order valence-corrected chi connectivity index (χ2v) is 8.70. The van der Waals surface area contributed by atoms with Gasteiger partial charge in [0.05, 0.1) is 24.0 Å². The van der Waals surface area contributed by atoms with Gasteiger partial charge in [-0.2, -0.15) is 0 Å². The molecular weight excluding hydrogens is 416 g/mol. The number of imidazole rings is 1. The van der Waals surface area contributed by atoms with Crippen LogP contribution in [0.3, 0.4) is 0 Å². The predicted octanol–water partition coefficient (Wildman–Crippen LogP) is 3.21. The highest BCUT2D eigenvalue weighted by molar-refractivity contribution is 7.92. The zero-order valence-corrected chi connectivity index (χ0v) is 18.4. The van der Waals surface area contributed by atoms with Crippen molar-refractivity contribution >= 4 is 21.6 Å². The Morgan fingerprint density at radius 2 is 1.97 bits per heavy atom. The summed E-state index contributed by atoms with van der Waals surface area (Å²) >= 11 is 0. The van der Waals surface area contributed by atoms with Gasteiger partial charge in [-0.05, 0) is 49.6 Å². The van der Waals surface area contributed by atoms with Crippen LogP contribution in [0.2, 0.25) is 0 Å². The number of aryl methyl sites for hydroxylation is 2. The largest absolute Gasteiger partial charge is 0.495 e. The summed E-state index contributed by atoms with van der Waals surface area (Å²) in [6.45, 7) is 3.02. The van der Waals surface area contributed by atoms with E-state index in [0.717, 1.165) is 19.4 Å². The summed E-state index contributed by atoms with van der Waals surface area (Å²) in [5.74, 6) is 0.102. The van der Waals surface area contributed by atoms with Gasteiger partial charge in [0, 0.05) is 31.0 Å². The Morgan fingerprint density at radius 1 is 1.16 bits per heavy atom. The third-order valence-corrected chi connectivity index (χ3v) is 6.29. The average Bonchev–Trinajstić information content (AvgIpc) is 3.27. The van der Waals surface area contributed by atoms with E-state index in [-0.39, 0.29) is 10.8 Å². The molecule has 0 saturated heterocycles. The fourth-order valence-electron chi connectivity index (χ4n) is 3.10. The minimum absolute atomic E-state index is 0.0474. The van der Waals surface area contributed by atoms with Crippen molar-refractivity contribution in [3.05, 3.63) is 72.3 Å². The normalized spacial score (nSPS) is 11.2. The number of unbranched alkanes of at least 4 members (excludes halogenated alkanes) is 1. The molecule has 9 heteroatoms. The number of nitrogens with one attached hydrogen (secondary N) is 2. The van der Waals surface area contributed by atoms with Crippen LogP contribution in [-0.4, -0.2) is 37.5 Å². The zero-order chi connectivity index (χ0) is 22.3. The maximum atomic E-state index is 13.0. The Bertz CT molecular complexity index is 1130. The number of para-hydroxylation sites is 2. The van der Waals surface area contributed by atoms with Gasteiger partial charge in [-0.15, -0.1) is 0 Å². The molecule has 2 aromatic carbocycles. The zero-order valence-electron chi connectivity index (χ0n) is 17.5. The Hall–Kier alpha value is -3.33. The van der Waals surface area contributed by atoms with E-state index in [4.69, 9.17) is 4.74 Å². The highest BCUT2D eigenvalue weighted by atomic mass is 32.2. The standard InChI is InChI=1S/C22H26N4O4S/c1-17-9-10-18(22(27)24-11-5-6-13-26-14-12-23-16-26)15-21(17)31(28,29)25-19-7-3-4-8-20(19)30-2/h3-4,7-10,12,14-16,25H,5-6,11,13H2,1-2H3,(H,24,27). The molecule has 1 aromatic heterocycles.